The van der Waals surface area contributed by atoms with Crippen LogP contribution in [-0.2, 0) is 9.59 Å². The van der Waals surface area contributed by atoms with Gasteiger partial charge in [0.2, 0.25) is 11.8 Å². The Labute approximate surface area is 134 Å². The Morgan fingerprint density at radius 2 is 1.50 bits per heavy atom. The SMILES string of the molecule is CCN(CC)C(=O)CCN(C(C)=O)c1c(C)cc(C)cc1C. The zero-order chi connectivity index (χ0) is 16.9. The molecule has 1 rings (SSSR count). The van der Waals surface area contributed by atoms with Gasteiger partial charge in [0.25, 0.3) is 0 Å². The molecule has 0 spiro atoms. The Morgan fingerprint density at radius 3 is 1.91 bits per heavy atom. The molecule has 0 aromatic heterocycles. The van der Waals surface area contributed by atoms with Crippen LogP contribution in [0.5, 0.6) is 0 Å². The maximum atomic E-state index is 12.2. The Bertz CT molecular complexity index is 525. The molecule has 1 aromatic rings. The summed E-state index contributed by atoms with van der Waals surface area (Å²) in [5, 5.41) is 0. The molecule has 0 saturated heterocycles. The van der Waals surface area contributed by atoms with E-state index in [0.29, 0.717) is 26.1 Å². The molecule has 22 heavy (non-hydrogen) atoms. The van der Waals surface area contributed by atoms with Crippen molar-refractivity contribution in [2.45, 2.75) is 48.0 Å². The highest BCUT2D eigenvalue weighted by atomic mass is 16.2. The molecule has 122 valence electrons. The van der Waals surface area contributed by atoms with E-state index in [4.69, 9.17) is 0 Å². The molecule has 0 unspecified atom stereocenters. The number of carbonyl (C=O) groups excluding carboxylic acids is 2. The second kappa shape index (κ2) is 7.97. The summed E-state index contributed by atoms with van der Waals surface area (Å²) < 4.78 is 0. The summed E-state index contributed by atoms with van der Waals surface area (Å²) in [6.07, 6.45) is 0.355. The Morgan fingerprint density at radius 1 is 1.00 bits per heavy atom. The smallest absolute Gasteiger partial charge is 0.224 e. The molecule has 0 saturated carbocycles. The third kappa shape index (κ3) is 4.33. The zero-order valence-corrected chi connectivity index (χ0v) is 14.7. The van der Waals surface area contributed by atoms with Crippen molar-refractivity contribution in [3.05, 3.63) is 28.8 Å². The van der Waals surface area contributed by atoms with Gasteiger partial charge in [-0.1, -0.05) is 17.7 Å². The quantitative estimate of drug-likeness (QED) is 0.809. The lowest BCUT2D eigenvalue weighted by Crippen LogP contribution is -2.36. The number of carbonyl (C=O) groups is 2. The first-order valence-electron chi connectivity index (χ1n) is 7.95. The van der Waals surface area contributed by atoms with Crippen LogP contribution in [0.3, 0.4) is 0 Å². The van der Waals surface area contributed by atoms with E-state index in [9.17, 15) is 9.59 Å². The molecule has 0 aliphatic heterocycles. The molecule has 0 aliphatic rings. The first kappa shape index (κ1) is 18.2. The average Bonchev–Trinajstić information content (AvgIpc) is 2.42. The van der Waals surface area contributed by atoms with Gasteiger partial charge in [-0.2, -0.15) is 0 Å². The van der Waals surface area contributed by atoms with Crippen LogP contribution in [0.15, 0.2) is 12.1 Å². The van der Waals surface area contributed by atoms with Gasteiger partial charge in [-0.3, -0.25) is 9.59 Å². The molecule has 4 heteroatoms. The molecule has 4 nitrogen and oxygen atoms in total. The van der Waals surface area contributed by atoms with Gasteiger partial charge in [0.15, 0.2) is 0 Å². The van der Waals surface area contributed by atoms with Crippen LogP contribution < -0.4 is 4.90 Å². The predicted octanol–water partition coefficient (Wildman–Crippen LogP) is 3.22. The van der Waals surface area contributed by atoms with Gasteiger partial charge in [0.05, 0.1) is 0 Å². The Balaban J connectivity index is 2.97. The van der Waals surface area contributed by atoms with Gasteiger partial charge in [-0.25, -0.2) is 0 Å². The van der Waals surface area contributed by atoms with Crippen LogP contribution in [0.1, 0.15) is 43.9 Å². The van der Waals surface area contributed by atoms with Gasteiger partial charge >= 0.3 is 0 Å². The number of rotatable bonds is 6. The molecule has 0 radical (unpaired) electrons. The van der Waals surface area contributed by atoms with Crippen LogP contribution in [0.4, 0.5) is 5.69 Å². The summed E-state index contributed by atoms with van der Waals surface area (Å²) in [6.45, 7) is 13.4. The van der Waals surface area contributed by atoms with Crippen molar-refractivity contribution in [3.63, 3.8) is 0 Å². The highest BCUT2D eigenvalue weighted by molar-refractivity contribution is 5.94. The van der Waals surface area contributed by atoms with Crippen molar-refractivity contribution in [2.75, 3.05) is 24.5 Å². The fourth-order valence-corrected chi connectivity index (χ4v) is 2.97. The summed E-state index contributed by atoms with van der Waals surface area (Å²) in [4.78, 5) is 27.8. The van der Waals surface area contributed by atoms with Crippen LogP contribution in [0.2, 0.25) is 0 Å². The normalized spacial score (nSPS) is 10.5. The minimum atomic E-state index is -0.0256. The second-order valence-corrected chi connectivity index (χ2v) is 5.73. The summed E-state index contributed by atoms with van der Waals surface area (Å²) in [6, 6.07) is 4.15. The first-order valence-corrected chi connectivity index (χ1v) is 7.95. The molecule has 2 amide bonds. The maximum Gasteiger partial charge on any atom is 0.224 e. The maximum absolute atomic E-state index is 12.2. The fraction of sp³-hybridized carbons (Fsp3) is 0.556. The van der Waals surface area contributed by atoms with Gasteiger partial charge in [-0.15, -0.1) is 0 Å². The summed E-state index contributed by atoms with van der Waals surface area (Å²) in [5.74, 6) is 0.0704. The van der Waals surface area contributed by atoms with Crippen molar-refractivity contribution >= 4 is 17.5 Å². The van der Waals surface area contributed by atoms with E-state index in [-0.39, 0.29) is 11.8 Å². The number of aryl methyl sites for hydroxylation is 3. The van der Waals surface area contributed by atoms with Crippen LogP contribution in [0, 0.1) is 20.8 Å². The monoisotopic (exact) mass is 304 g/mol. The molecule has 0 N–H and O–H groups in total. The van der Waals surface area contributed by atoms with E-state index in [1.54, 1.807) is 16.7 Å². The molecule has 0 aliphatic carbocycles. The van der Waals surface area contributed by atoms with Crippen molar-refractivity contribution in [1.29, 1.82) is 0 Å². The standard InChI is InChI=1S/C18H28N2O2/c1-7-19(8-2)17(22)9-10-20(16(6)21)18-14(4)11-13(3)12-15(18)5/h11-12H,7-10H2,1-6H3. The molecule has 0 bridgehead atoms. The average molecular weight is 304 g/mol. The lowest BCUT2D eigenvalue weighted by Gasteiger charge is -2.27. The minimum absolute atomic E-state index is 0.0256. The van der Waals surface area contributed by atoms with Crippen molar-refractivity contribution in [3.8, 4) is 0 Å². The highest BCUT2D eigenvalue weighted by Crippen LogP contribution is 2.26. The number of anilines is 1. The number of benzene rings is 1. The van der Waals surface area contributed by atoms with Crippen molar-refractivity contribution in [2.24, 2.45) is 0 Å². The van der Waals surface area contributed by atoms with Crippen LogP contribution in [-0.4, -0.2) is 36.3 Å². The zero-order valence-electron chi connectivity index (χ0n) is 14.7. The predicted molar refractivity (Wildman–Crippen MR) is 91.2 cm³/mol. The molecular weight excluding hydrogens is 276 g/mol. The summed E-state index contributed by atoms with van der Waals surface area (Å²) in [7, 11) is 0. The van der Waals surface area contributed by atoms with Gasteiger partial charge in [0.1, 0.15) is 0 Å². The van der Waals surface area contributed by atoms with Crippen LogP contribution in [0.25, 0.3) is 0 Å². The lowest BCUT2D eigenvalue weighted by atomic mass is 10.0. The largest absolute Gasteiger partial charge is 0.343 e. The van der Waals surface area contributed by atoms with Gasteiger partial charge in [0, 0.05) is 38.7 Å². The molecule has 0 heterocycles. The molecule has 1 aromatic carbocycles. The van der Waals surface area contributed by atoms with E-state index in [1.165, 1.54) is 5.56 Å². The molecular formula is C18H28N2O2. The molecule has 0 fully saturated rings. The van der Waals surface area contributed by atoms with Crippen molar-refractivity contribution in [1.82, 2.24) is 4.90 Å². The van der Waals surface area contributed by atoms with Gasteiger partial charge in [-0.05, 0) is 45.7 Å². The first-order chi connectivity index (χ1) is 10.3. The van der Waals surface area contributed by atoms with Crippen molar-refractivity contribution < 1.29 is 9.59 Å². The third-order valence-corrected chi connectivity index (χ3v) is 3.95. The fourth-order valence-electron chi connectivity index (χ4n) is 2.97. The topological polar surface area (TPSA) is 40.6 Å². The van der Waals surface area contributed by atoms with E-state index in [2.05, 4.69) is 12.1 Å². The number of hydrogen-bond acceptors (Lipinski definition) is 2. The number of amides is 2. The third-order valence-electron chi connectivity index (χ3n) is 3.95. The second-order valence-electron chi connectivity index (χ2n) is 5.73. The minimum Gasteiger partial charge on any atom is -0.343 e. The summed E-state index contributed by atoms with van der Waals surface area (Å²) in [5.41, 5.74) is 4.26. The van der Waals surface area contributed by atoms with Gasteiger partial charge < -0.3 is 9.80 Å². The Kier molecular flexibility index (Phi) is 6.60. The van der Waals surface area contributed by atoms with E-state index in [0.717, 1.165) is 16.8 Å². The number of nitrogens with zero attached hydrogens (tertiary/aromatic N) is 2. The summed E-state index contributed by atoms with van der Waals surface area (Å²) >= 11 is 0. The number of hydrogen-bond donors (Lipinski definition) is 0. The van der Waals surface area contributed by atoms with E-state index >= 15 is 0 Å². The van der Waals surface area contributed by atoms with E-state index < -0.39 is 0 Å². The highest BCUT2D eigenvalue weighted by Gasteiger charge is 2.19. The Hall–Kier alpha value is -1.84. The van der Waals surface area contributed by atoms with Crippen LogP contribution >= 0.6 is 0 Å². The lowest BCUT2D eigenvalue weighted by molar-refractivity contribution is -0.130. The van der Waals surface area contributed by atoms with E-state index in [1.807, 2.05) is 34.6 Å². The molecule has 0 atom stereocenters.